The van der Waals surface area contributed by atoms with Crippen LogP contribution in [-0.2, 0) is 9.53 Å². The van der Waals surface area contributed by atoms with Crippen molar-refractivity contribution < 1.29 is 19.1 Å². The van der Waals surface area contributed by atoms with E-state index in [1.165, 1.54) is 11.8 Å². The Kier molecular flexibility index (Phi) is 6.42. The summed E-state index contributed by atoms with van der Waals surface area (Å²) in [7, 11) is 1.58. The lowest BCUT2D eigenvalue weighted by Crippen LogP contribution is -2.17. The summed E-state index contributed by atoms with van der Waals surface area (Å²) in [6.45, 7) is 3.91. The number of ether oxygens (including phenoxy) is 2. The van der Waals surface area contributed by atoms with Crippen molar-refractivity contribution >= 4 is 23.5 Å². The molecular weight excluding hydrogens is 264 g/mol. The molecule has 0 N–H and O–H groups in total. The van der Waals surface area contributed by atoms with Gasteiger partial charge in [0.2, 0.25) is 0 Å². The molecule has 1 unspecified atom stereocenters. The standard InChI is InChI=1S/C14H18O4S/c1-4-18-13(15)9-19-10(2)14(16)11-5-7-12(17-3)8-6-11/h5-8,10H,4,9H2,1-3H3. The summed E-state index contributed by atoms with van der Waals surface area (Å²) in [6.07, 6.45) is 0. The van der Waals surface area contributed by atoms with Crippen LogP contribution in [0.15, 0.2) is 24.3 Å². The summed E-state index contributed by atoms with van der Waals surface area (Å²) in [5.41, 5.74) is 0.615. The number of carbonyl (C=O) groups excluding carboxylic acids is 2. The quantitative estimate of drug-likeness (QED) is 0.568. The van der Waals surface area contributed by atoms with E-state index in [9.17, 15) is 9.59 Å². The number of methoxy groups -OCH3 is 1. The monoisotopic (exact) mass is 282 g/mol. The van der Waals surface area contributed by atoms with Gasteiger partial charge in [0.15, 0.2) is 5.78 Å². The van der Waals surface area contributed by atoms with Gasteiger partial charge in [0.05, 0.1) is 24.7 Å². The molecule has 0 fully saturated rings. The molecule has 104 valence electrons. The third kappa shape index (κ3) is 4.95. The summed E-state index contributed by atoms with van der Waals surface area (Å²) in [5, 5.41) is -0.280. The van der Waals surface area contributed by atoms with Gasteiger partial charge in [-0.1, -0.05) is 0 Å². The van der Waals surface area contributed by atoms with Crippen molar-refractivity contribution in [3.8, 4) is 5.75 Å². The molecule has 19 heavy (non-hydrogen) atoms. The van der Waals surface area contributed by atoms with E-state index in [1.54, 1.807) is 45.2 Å². The Morgan fingerprint density at radius 2 is 1.89 bits per heavy atom. The fraction of sp³-hybridized carbons (Fsp3) is 0.429. The van der Waals surface area contributed by atoms with E-state index in [-0.39, 0.29) is 22.8 Å². The molecule has 1 aromatic rings. The van der Waals surface area contributed by atoms with E-state index in [1.807, 2.05) is 0 Å². The molecule has 0 saturated heterocycles. The second-order valence-corrected chi connectivity index (χ2v) is 5.18. The zero-order valence-corrected chi connectivity index (χ0v) is 12.2. The summed E-state index contributed by atoms with van der Waals surface area (Å²) < 4.78 is 9.86. The van der Waals surface area contributed by atoms with Gasteiger partial charge in [0.1, 0.15) is 5.75 Å². The van der Waals surface area contributed by atoms with Gasteiger partial charge in [-0.25, -0.2) is 0 Å². The maximum absolute atomic E-state index is 12.1. The third-order valence-corrected chi connectivity index (χ3v) is 3.62. The lowest BCUT2D eigenvalue weighted by Gasteiger charge is -2.10. The zero-order valence-electron chi connectivity index (χ0n) is 11.3. The number of esters is 1. The highest BCUT2D eigenvalue weighted by Gasteiger charge is 2.17. The minimum atomic E-state index is -0.290. The Morgan fingerprint density at radius 3 is 2.42 bits per heavy atom. The maximum Gasteiger partial charge on any atom is 0.315 e. The predicted octanol–water partition coefficient (Wildman–Crippen LogP) is 2.56. The zero-order chi connectivity index (χ0) is 14.3. The van der Waals surface area contributed by atoms with Gasteiger partial charge in [-0.15, -0.1) is 11.8 Å². The van der Waals surface area contributed by atoms with E-state index < -0.39 is 0 Å². The Hall–Kier alpha value is -1.49. The number of benzene rings is 1. The Bertz CT molecular complexity index is 428. The Morgan fingerprint density at radius 1 is 1.26 bits per heavy atom. The molecule has 4 nitrogen and oxygen atoms in total. The lowest BCUT2D eigenvalue weighted by atomic mass is 10.1. The van der Waals surface area contributed by atoms with Crippen molar-refractivity contribution in [1.82, 2.24) is 0 Å². The molecule has 1 atom stereocenters. The third-order valence-electron chi connectivity index (χ3n) is 2.50. The molecular formula is C14H18O4S. The normalized spacial score (nSPS) is 11.7. The largest absolute Gasteiger partial charge is 0.497 e. The van der Waals surface area contributed by atoms with Crippen LogP contribution in [0.4, 0.5) is 0 Å². The smallest absolute Gasteiger partial charge is 0.315 e. The van der Waals surface area contributed by atoms with E-state index in [0.717, 1.165) is 0 Å². The highest BCUT2D eigenvalue weighted by molar-refractivity contribution is 8.01. The molecule has 1 aromatic carbocycles. The first kappa shape index (κ1) is 15.6. The van der Waals surface area contributed by atoms with Crippen LogP contribution in [0.2, 0.25) is 0 Å². The van der Waals surface area contributed by atoms with Gasteiger partial charge < -0.3 is 9.47 Å². The number of thioether (sulfide) groups is 1. The van der Waals surface area contributed by atoms with E-state index >= 15 is 0 Å². The molecule has 0 aliphatic rings. The molecule has 0 aromatic heterocycles. The molecule has 0 aliphatic carbocycles. The maximum atomic E-state index is 12.1. The number of Topliss-reactive ketones (excluding diaryl/α,β-unsaturated/α-hetero) is 1. The highest BCUT2D eigenvalue weighted by Crippen LogP contribution is 2.18. The van der Waals surface area contributed by atoms with Gasteiger partial charge in [-0.2, -0.15) is 0 Å². The fourth-order valence-corrected chi connectivity index (χ4v) is 2.22. The van der Waals surface area contributed by atoms with Gasteiger partial charge in [0, 0.05) is 5.56 Å². The average molecular weight is 282 g/mol. The summed E-state index contributed by atoms with van der Waals surface area (Å²) in [6, 6.07) is 6.94. The van der Waals surface area contributed by atoms with Crippen LogP contribution in [0.5, 0.6) is 5.75 Å². The Labute approximate surface area is 117 Å². The Balaban J connectivity index is 2.53. The van der Waals surface area contributed by atoms with Gasteiger partial charge >= 0.3 is 5.97 Å². The van der Waals surface area contributed by atoms with Gasteiger partial charge in [0.25, 0.3) is 0 Å². The average Bonchev–Trinajstić information content (AvgIpc) is 2.44. The van der Waals surface area contributed by atoms with Crippen molar-refractivity contribution in [1.29, 1.82) is 0 Å². The second-order valence-electron chi connectivity index (χ2n) is 3.85. The van der Waals surface area contributed by atoms with Crippen molar-refractivity contribution in [3.63, 3.8) is 0 Å². The summed E-state index contributed by atoms with van der Waals surface area (Å²) >= 11 is 1.28. The molecule has 0 aliphatic heterocycles. The number of hydrogen-bond acceptors (Lipinski definition) is 5. The molecule has 0 saturated carbocycles. The minimum Gasteiger partial charge on any atom is -0.497 e. The SMILES string of the molecule is CCOC(=O)CSC(C)C(=O)c1ccc(OC)cc1. The van der Waals surface area contributed by atoms with Crippen LogP contribution in [0.1, 0.15) is 24.2 Å². The predicted molar refractivity (Wildman–Crippen MR) is 75.9 cm³/mol. The van der Waals surface area contributed by atoms with Crippen LogP contribution in [-0.4, -0.2) is 36.5 Å². The van der Waals surface area contributed by atoms with E-state index in [0.29, 0.717) is 17.9 Å². The summed E-state index contributed by atoms with van der Waals surface area (Å²) in [5.74, 6) is 0.610. The van der Waals surface area contributed by atoms with Crippen molar-refractivity contribution in [3.05, 3.63) is 29.8 Å². The molecule has 0 radical (unpaired) electrons. The van der Waals surface area contributed by atoms with Crippen molar-refractivity contribution in [2.45, 2.75) is 19.1 Å². The topological polar surface area (TPSA) is 52.6 Å². The second kappa shape index (κ2) is 7.84. The molecule has 0 bridgehead atoms. The first-order valence-electron chi connectivity index (χ1n) is 6.04. The summed E-state index contributed by atoms with van der Waals surface area (Å²) in [4.78, 5) is 23.3. The van der Waals surface area contributed by atoms with Crippen LogP contribution < -0.4 is 4.74 Å². The van der Waals surface area contributed by atoms with Crippen LogP contribution in [0.3, 0.4) is 0 Å². The fourth-order valence-electron chi connectivity index (χ4n) is 1.46. The molecule has 1 rings (SSSR count). The minimum absolute atomic E-state index is 0.00282. The number of ketones is 1. The number of carbonyl (C=O) groups is 2. The van der Waals surface area contributed by atoms with E-state index in [4.69, 9.17) is 9.47 Å². The van der Waals surface area contributed by atoms with Crippen molar-refractivity contribution in [2.24, 2.45) is 0 Å². The molecule has 5 heteroatoms. The van der Waals surface area contributed by atoms with Crippen molar-refractivity contribution in [2.75, 3.05) is 19.5 Å². The first-order chi connectivity index (χ1) is 9.08. The van der Waals surface area contributed by atoms with E-state index in [2.05, 4.69) is 0 Å². The van der Waals surface area contributed by atoms with Crippen LogP contribution >= 0.6 is 11.8 Å². The molecule has 0 spiro atoms. The van der Waals surface area contributed by atoms with Crippen LogP contribution in [0.25, 0.3) is 0 Å². The first-order valence-corrected chi connectivity index (χ1v) is 7.08. The van der Waals surface area contributed by atoms with Gasteiger partial charge in [-0.3, -0.25) is 9.59 Å². The number of rotatable bonds is 7. The highest BCUT2D eigenvalue weighted by atomic mass is 32.2. The lowest BCUT2D eigenvalue weighted by molar-refractivity contribution is -0.139. The molecule has 0 amide bonds. The number of hydrogen-bond donors (Lipinski definition) is 0. The molecule has 0 heterocycles. The van der Waals surface area contributed by atoms with Gasteiger partial charge in [-0.05, 0) is 38.1 Å². The van der Waals surface area contributed by atoms with Crippen LogP contribution in [0, 0.1) is 0 Å².